The Morgan fingerprint density at radius 2 is 2.10 bits per heavy atom. The molecule has 1 aromatic carbocycles. The van der Waals surface area contributed by atoms with E-state index in [1.54, 1.807) is 25.3 Å². The van der Waals surface area contributed by atoms with Crippen molar-refractivity contribution in [1.29, 1.82) is 0 Å². The molecule has 118 valence electrons. The van der Waals surface area contributed by atoms with Gasteiger partial charge in [0, 0.05) is 20.3 Å². The molecule has 0 unspecified atom stereocenters. The predicted octanol–water partition coefficient (Wildman–Crippen LogP) is 2.52. The maximum atomic E-state index is 11.7. The van der Waals surface area contributed by atoms with Crippen molar-refractivity contribution in [2.45, 2.75) is 6.92 Å². The van der Waals surface area contributed by atoms with Crippen molar-refractivity contribution in [3.05, 3.63) is 23.2 Å². The van der Waals surface area contributed by atoms with Crippen molar-refractivity contribution in [2.24, 2.45) is 0 Å². The molecule has 0 aliphatic heterocycles. The molecular formula is C14H21ClN2O4. The fraction of sp³-hybridized carbons (Fsp3) is 0.500. The Labute approximate surface area is 129 Å². The average Bonchev–Trinajstić information content (AvgIpc) is 2.46. The molecule has 6 nitrogen and oxygen atoms in total. The van der Waals surface area contributed by atoms with Crippen molar-refractivity contribution in [2.75, 3.05) is 45.4 Å². The zero-order chi connectivity index (χ0) is 15.5. The molecule has 2 amide bonds. The second-order valence-corrected chi connectivity index (χ2v) is 4.44. The summed E-state index contributed by atoms with van der Waals surface area (Å²) in [5, 5.41) is 5.78. The van der Waals surface area contributed by atoms with Gasteiger partial charge in [-0.3, -0.25) is 0 Å². The number of para-hydroxylation sites is 1. The Morgan fingerprint density at radius 3 is 2.81 bits per heavy atom. The van der Waals surface area contributed by atoms with Gasteiger partial charge in [0.25, 0.3) is 0 Å². The van der Waals surface area contributed by atoms with E-state index in [1.807, 2.05) is 6.92 Å². The third-order valence-corrected chi connectivity index (χ3v) is 2.78. The topological polar surface area (TPSA) is 68.8 Å². The van der Waals surface area contributed by atoms with Crippen LogP contribution in [-0.4, -0.2) is 46.1 Å². The Hall–Kier alpha value is -1.50. The van der Waals surface area contributed by atoms with Gasteiger partial charge >= 0.3 is 6.03 Å². The van der Waals surface area contributed by atoms with Gasteiger partial charge in [0.15, 0.2) is 5.75 Å². The SMILES string of the molecule is CCOCCOc1c(Cl)cccc1NC(=O)NCCOC. The van der Waals surface area contributed by atoms with Crippen LogP contribution in [0, 0.1) is 0 Å². The zero-order valence-electron chi connectivity index (χ0n) is 12.3. The van der Waals surface area contributed by atoms with Gasteiger partial charge in [-0.1, -0.05) is 17.7 Å². The standard InChI is InChI=1S/C14H21ClN2O4/c1-3-20-9-10-21-13-11(15)5-4-6-12(13)17-14(18)16-7-8-19-2/h4-6H,3,7-10H2,1-2H3,(H2,16,17,18). The maximum absolute atomic E-state index is 11.7. The van der Waals surface area contributed by atoms with Gasteiger partial charge in [-0.05, 0) is 19.1 Å². The average molecular weight is 317 g/mol. The monoisotopic (exact) mass is 316 g/mol. The quantitative estimate of drug-likeness (QED) is 0.687. The third-order valence-electron chi connectivity index (χ3n) is 2.49. The number of benzene rings is 1. The van der Waals surface area contributed by atoms with E-state index in [-0.39, 0.29) is 6.03 Å². The van der Waals surface area contributed by atoms with E-state index < -0.39 is 0 Å². The van der Waals surface area contributed by atoms with Crippen molar-refractivity contribution < 1.29 is 19.0 Å². The number of carbonyl (C=O) groups excluding carboxylic acids is 1. The fourth-order valence-corrected chi connectivity index (χ4v) is 1.76. The number of urea groups is 1. The highest BCUT2D eigenvalue weighted by molar-refractivity contribution is 6.32. The van der Waals surface area contributed by atoms with Crippen LogP contribution in [0.15, 0.2) is 18.2 Å². The van der Waals surface area contributed by atoms with Crippen LogP contribution in [0.25, 0.3) is 0 Å². The molecule has 0 atom stereocenters. The molecule has 0 heterocycles. The third kappa shape index (κ3) is 6.66. The molecule has 1 rings (SSSR count). The number of carbonyl (C=O) groups is 1. The summed E-state index contributed by atoms with van der Waals surface area (Å²) in [6, 6.07) is 4.82. The molecule has 0 aliphatic rings. The summed E-state index contributed by atoms with van der Waals surface area (Å²) in [5.74, 6) is 0.431. The molecule has 0 aliphatic carbocycles. The molecule has 1 aromatic rings. The number of ether oxygens (including phenoxy) is 3. The smallest absolute Gasteiger partial charge is 0.319 e. The van der Waals surface area contributed by atoms with Crippen molar-refractivity contribution in [3.63, 3.8) is 0 Å². The molecule has 2 N–H and O–H groups in total. The van der Waals surface area contributed by atoms with E-state index in [0.29, 0.717) is 49.4 Å². The van der Waals surface area contributed by atoms with Crippen LogP contribution >= 0.6 is 11.6 Å². The number of halogens is 1. The second kappa shape index (κ2) is 10.3. The summed E-state index contributed by atoms with van der Waals surface area (Å²) in [7, 11) is 1.57. The van der Waals surface area contributed by atoms with Crippen molar-refractivity contribution in [3.8, 4) is 5.75 Å². The van der Waals surface area contributed by atoms with Crippen LogP contribution in [0.1, 0.15) is 6.92 Å². The van der Waals surface area contributed by atoms with Crippen LogP contribution in [0.2, 0.25) is 5.02 Å². The van der Waals surface area contributed by atoms with E-state index in [1.165, 1.54) is 0 Å². The Morgan fingerprint density at radius 1 is 1.29 bits per heavy atom. The summed E-state index contributed by atoms with van der Waals surface area (Å²) in [6.45, 7) is 4.22. The molecule has 0 spiro atoms. The Bertz CT molecular complexity index is 443. The zero-order valence-corrected chi connectivity index (χ0v) is 13.0. The maximum Gasteiger partial charge on any atom is 0.319 e. The normalized spacial score (nSPS) is 10.2. The van der Waals surface area contributed by atoms with E-state index in [2.05, 4.69) is 10.6 Å². The minimum Gasteiger partial charge on any atom is -0.487 e. The number of amides is 2. The molecule has 0 radical (unpaired) electrons. The van der Waals surface area contributed by atoms with Gasteiger partial charge in [0.1, 0.15) is 6.61 Å². The van der Waals surface area contributed by atoms with Crippen LogP contribution in [0.5, 0.6) is 5.75 Å². The number of anilines is 1. The molecule has 0 aromatic heterocycles. The van der Waals surface area contributed by atoms with Gasteiger partial charge in [-0.2, -0.15) is 0 Å². The van der Waals surface area contributed by atoms with E-state index >= 15 is 0 Å². The molecule has 0 saturated carbocycles. The lowest BCUT2D eigenvalue weighted by molar-refractivity contribution is 0.110. The first-order valence-electron chi connectivity index (χ1n) is 6.71. The lowest BCUT2D eigenvalue weighted by atomic mass is 10.3. The van der Waals surface area contributed by atoms with Crippen LogP contribution in [0.4, 0.5) is 10.5 Å². The van der Waals surface area contributed by atoms with E-state index in [4.69, 9.17) is 25.8 Å². The Balaban J connectivity index is 2.59. The minimum atomic E-state index is -0.344. The molecular weight excluding hydrogens is 296 g/mol. The Kier molecular flexibility index (Phi) is 8.57. The van der Waals surface area contributed by atoms with E-state index in [0.717, 1.165) is 0 Å². The highest BCUT2D eigenvalue weighted by atomic mass is 35.5. The van der Waals surface area contributed by atoms with Crippen LogP contribution in [0.3, 0.4) is 0 Å². The number of hydrogen-bond donors (Lipinski definition) is 2. The largest absolute Gasteiger partial charge is 0.487 e. The summed E-state index contributed by atoms with van der Waals surface area (Å²) >= 11 is 6.09. The summed E-state index contributed by atoms with van der Waals surface area (Å²) in [4.78, 5) is 11.7. The number of hydrogen-bond acceptors (Lipinski definition) is 4. The van der Waals surface area contributed by atoms with E-state index in [9.17, 15) is 4.79 Å². The number of rotatable bonds is 9. The van der Waals surface area contributed by atoms with Gasteiger partial charge in [-0.25, -0.2) is 4.79 Å². The lowest BCUT2D eigenvalue weighted by Crippen LogP contribution is -2.31. The number of nitrogens with one attached hydrogen (secondary N) is 2. The minimum absolute atomic E-state index is 0.344. The van der Waals surface area contributed by atoms with Crippen LogP contribution < -0.4 is 15.4 Å². The predicted molar refractivity (Wildman–Crippen MR) is 82.3 cm³/mol. The molecule has 0 fully saturated rings. The summed E-state index contributed by atoms with van der Waals surface area (Å²) < 4.78 is 15.6. The first-order chi connectivity index (χ1) is 10.2. The van der Waals surface area contributed by atoms with Gasteiger partial charge in [-0.15, -0.1) is 0 Å². The first kappa shape index (κ1) is 17.6. The molecule has 7 heteroatoms. The second-order valence-electron chi connectivity index (χ2n) is 4.04. The van der Waals surface area contributed by atoms with Gasteiger partial charge in [0.05, 0.1) is 23.9 Å². The molecule has 0 saturated heterocycles. The van der Waals surface area contributed by atoms with Gasteiger partial charge < -0.3 is 24.8 Å². The highest BCUT2D eigenvalue weighted by Crippen LogP contribution is 2.32. The summed E-state index contributed by atoms with van der Waals surface area (Å²) in [6.07, 6.45) is 0. The summed E-state index contributed by atoms with van der Waals surface area (Å²) in [5.41, 5.74) is 0.508. The number of methoxy groups -OCH3 is 1. The lowest BCUT2D eigenvalue weighted by Gasteiger charge is -2.14. The highest BCUT2D eigenvalue weighted by Gasteiger charge is 2.11. The fourth-order valence-electron chi connectivity index (χ4n) is 1.53. The molecule has 21 heavy (non-hydrogen) atoms. The van der Waals surface area contributed by atoms with Crippen LogP contribution in [-0.2, 0) is 9.47 Å². The van der Waals surface area contributed by atoms with Crippen molar-refractivity contribution in [1.82, 2.24) is 5.32 Å². The van der Waals surface area contributed by atoms with Gasteiger partial charge in [0.2, 0.25) is 0 Å². The molecule has 0 bridgehead atoms. The van der Waals surface area contributed by atoms with Crippen molar-refractivity contribution >= 4 is 23.3 Å². The first-order valence-corrected chi connectivity index (χ1v) is 7.09.